The molecule has 1 aromatic rings. The Morgan fingerprint density at radius 2 is 1.95 bits per heavy atom. The number of amides is 1. The van der Waals surface area contributed by atoms with Crippen molar-refractivity contribution in [3.05, 3.63) is 35.9 Å². The maximum atomic E-state index is 12.3. The molecule has 2 fully saturated rings. The Hall–Kier alpha value is -1.31. The van der Waals surface area contributed by atoms with Crippen molar-refractivity contribution in [2.45, 2.75) is 52.5 Å². The van der Waals surface area contributed by atoms with Crippen LogP contribution in [0.3, 0.4) is 0 Å². The Morgan fingerprint density at radius 1 is 1.25 bits per heavy atom. The maximum absolute atomic E-state index is 12.3. The number of carbonyl (C=O) groups excluding carboxylic acids is 1. The average molecular weight is 271 g/mol. The lowest BCUT2D eigenvalue weighted by Crippen LogP contribution is -2.47. The monoisotopic (exact) mass is 271 g/mol. The Kier molecular flexibility index (Phi) is 3.15. The first-order valence-electron chi connectivity index (χ1n) is 7.77. The topological polar surface area (TPSA) is 29.1 Å². The highest BCUT2D eigenvalue weighted by molar-refractivity contribution is 5.79. The first-order valence-corrected chi connectivity index (χ1v) is 7.77. The van der Waals surface area contributed by atoms with E-state index in [4.69, 9.17) is 0 Å². The lowest BCUT2D eigenvalue weighted by Gasteiger charge is -2.39. The summed E-state index contributed by atoms with van der Waals surface area (Å²) >= 11 is 0. The van der Waals surface area contributed by atoms with Crippen LogP contribution in [0.2, 0.25) is 0 Å². The Bertz CT molecular complexity index is 507. The first kappa shape index (κ1) is 13.7. The van der Waals surface area contributed by atoms with Crippen LogP contribution in [0.25, 0.3) is 0 Å². The molecule has 1 aromatic carbocycles. The predicted octanol–water partition coefficient (Wildman–Crippen LogP) is 3.56. The van der Waals surface area contributed by atoms with E-state index in [9.17, 15) is 4.79 Å². The summed E-state index contributed by atoms with van der Waals surface area (Å²) in [6, 6.07) is 10.4. The molecule has 2 aliphatic rings. The van der Waals surface area contributed by atoms with Crippen LogP contribution in [0.5, 0.6) is 0 Å². The van der Waals surface area contributed by atoms with Crippen LogP contribution in [0.4, 0.5) is 0 Å². The highest BCUT2D eigenvalue weighted by Crippen LogP contribution is 2.65. The zero-order valence-corrected chi connectivity index (χ0v) is 12.8. The van der Waals surface area contributed by atoms with Gasteiger partial charge < -0.3 is 5.32 Å². The molecule has 3 atom stereocenters. The van der Waals surface area contributed by atoms with Gasteiger partial charge >= 0.3 is 0 Å². The summed E-state index contributed by atoms with van der Waals surface area (Å²) in [4.78, 5) is 12.3. The fourth-order valence-electron chi connectivity index (χ4n) is 4.45. The first-order chi connectivity index (χ1) is 9.43. The Balaban J connectivity index is 1.66. The van der Waals surface area contributed by atoms with E-state index in [2.05, 4.69) is 26.1 Å². The number of benzene rings is 1. The summed E-state index contributed by atoms with van der Waals surface area (Å²) in [7, 11) is 0. The van der Waals surface area contributed by atoms with Gasteiger partial charge in [0.15, 0.2) is 0 Å². The molecular formula is C18H25NO. The number of rotatable bonds is 3. The van der Waals surface area contributed by atoms with E-state index in [-0.39, 0.29) is 11.3 Å². The number of fused-ring (bicyclic) bond motifs is 2. The fourth-order valence-corrected chi connectivity index (χ4v) is 4.45. The van der Waals surface area contributed by atoms with E-state index in [1.54, 1.807) is 0 Å². The molecule has 2 nitrogen and oxygen atoms in total. The summed E-state index contributed by atoms with van der Waals surface area (Å²) in [6.45, 7) is 7.13. The lowest BCUT2D eigenvalue weighted by atomic mass is 9.69. The van der Waals surface area contributed by atoms with Crippen LogP contribution in [-0.4, -0.2) is 11.9 Å². The molecule has 2 aliphatic carbocycles. The Morgan fingerprint density at radius 3 is 2.50 bits per heavy atom. The van der Waals surface area contributed by atoms with Crippen molar-refractivity contribution >= 4 is 5.91 Å². The molecule has 3 rings (SSSR count). The van der Waals surface area contributed by atoms with Gasteiger partial charge in [-0.1, -0.05) is 51.1 Å². The van der Waals surface area contributed by atoms with Crippen molar-refractivity contribution in [3.8, 4) is 0 Å². The third kappa shape index (κ3) is 1.97. The van der Waals surface area contributed by atoms with Gasteiger partial charge in [0.1, 0.15) is 0 Å². The number of hydrogen-bond acceptors (Lipinski definition) is 1. The average Bonchev–Trinajstić information content (AvgIpc) is 2.73. The van der Waals surface area contributed by atoms with E-state index in [0.717, 1.165) is 17.9 Å². The number of nitrogens with one attached hydrogen (secondary N) is 1. The van der Waals surface area contributed by atoms with Gasteiger partial charge in [-0.25, -0.2) is 0 Å². The fraction of sp³-hybridized carbons (Fsp3) is 0.611. The largest absolute Gasteiger partial charge is 0.353 e. The molecule has 0 spiro atoms. The molecule has 0 heterocycles. The minimum atomic E-state index is 0.172. The standard InChI is InChI=1S/C18H25NO/c1-17(2)14-9-10-18(17,3)15(12-14)19-16(20)11-13-7-5-4-6-8-13/h4-8,14-15H,9-12H2,1-3H3,(H,19,20). The molecule has 2 bridgehead atoms. The molecule has 1 amide bonds. The maximum Gasteiger partial charge on any atom is 0.224 e. The van der Waals surface area contributed by atoms with Crippen molar-refractivity contribution < 1.29 is 4.79 Å². The van der Waals surface area contributed by atoms with Gasteiger partial charge in [-0.3, -0.25) is 4.79 Å². The second kappa shape index (κ2) is 4.61. The SMILES string of the molecule is CC1(C)C2CCC1(C)C(NC(=O)Cc1ccccc1)C2. The van der Waals surface area contributed by atoms with Gasteiger partial charge in [-0.15, -0.1) is 0 Å². The molecule has 0 radical (unpaired) electrons. The smallest absolute Gasteiger partial charge is 0.224 e. The molecule has 108 valence electrons. The van der Waals surface area contributed by atoms with Crippen LogP contribution < -0.4 is 5.32 Å². The van der Waals surface area contributed by atoms with E-state index in [1.165, 1.54) is 12.8 Å². The molecule has 1 N–H and O–H groups in total. The summed E-state index contributed by atoms with van der Waals surface area (Å²) in [5.41, 5.74) is 1.72. The normalized spacial score (nSPS) is 34.1. The van der Waals surface area contributed by atoms with Gasteiger partial charge in [-0.05, 0) is 41.6 Å². The van der Waals surface area contributed by atoms with Crippen molar-refractivity contribution in [1.29, 1.82) is 0 Å². The van der Waals surface area contributed by atoms with Gasteiger partial charge in [0.25, 0.3) is 0 Å². The molecule has 0 aliphatic heterocycles. The van der Waals surface area contributed by atoms with Gasteiger partial charge in [0.2, 0.25) is 5.91 Å². The second-order valence-corrected chi connectivity index (χ2v) is 7.39. The molecular weight excluding hydrogens is 246 g/mol. The van der Waals surface area contributed by atoms with Crippen LogP contribution >= 0.6 is 0 Å². The summed E-state index contributed by atoms with van der Waals surface area (Å²) in [5, 5.41) is 3.32. The quantitative estimate of drug-likeness (QED) is 0.895. The third-order valence-electron chi connectivity index (χ3n) is 6.34. The van der Waals surface area contributed by atoms with Gasteiger partial charge in [-0.2, -0.15) is 0 Å². The lowest BCUT2D eigenvalue weighted by molar-refractivity contribution is -0.122. The van der Waals surface area contributed by atoms with Crippen molar-refractivity contribution in [3.63, 3.8) is 0 Å². The number of carbonyl (C=O) groups is 1. The van der Waals surface area contributed by atoms with Crippen molar-refractivity contribution in [2.24, 2.45) is 16.7 Å². The van der Waals surface area contributed by atoms with E-state index in [0.29, 0.717) is 17.9 Å². The molecule has 0 saturated heterocycles. The van der Waals surface area contributed by atoms with Crippen LogP contribution in [-0.2, 0) is 11.2 Å². The Labute approximate surface area is 122 Å². The molecule has 3 unspecified atom stereocenters. The third-order valence-corrected chi connectivity index (χ3v) is 6.34. The van der Waals surface area contributed by atoms with Crippen molar-refractivity contribution in [2.75, 3.05) is 0 Å². The second-order valence-electron chi connectivity index (χ2n) is 7.39. The predicted molar refractivity (Wildman–Crippen MR) is 81.3 cm³/mol. The highest BCUT2D eigenvalue weighted by Gasteiger charge is 2.61. The minimum absolute atomic E-state index is 0.172. The van der Waals surface area contributed by atoms with E-state index < -0.39 is 0 Å². The van der Waals surface area contributed by atoms with Gasteiger partial charge in [0, 0.05) is 6.04 Å². The van der Waals surface area contributed by atoms with Crippen LogP contribution in [0.15, 0.2) is 30.3 Å². The molecule has 20 heavy (non-hydrogen) atoms. The van der Waals surface area contributed by atoms with E-state index in [1.807, 2.05) is 30.3 Å². The van der Waals surface area contributed by atoms with Crippen LogP contribution in [0, 0.1) is 16.7 Å². The zero-order valence-electron chi connectivity index (χ0n) is 12.8. The summed E-state index contributed by atoms with van der Waals surface area (Å²) in [6.07, 6.45) is 4.23. The van der Waals surface area contributed by atoms with E-state index >= 15 is 0 Å². The zero-order chi connectivity index (χ0) is 14.4. The van der Waals surface area contributed by atoms with Gasteiger partial charge in [0.05, 0.1) is 6.42 Å². The highest BCUT2D eigenvalue weighted by atomic mass is 16.1. The molecule has 0 aromatic heterocycles. The number of hydrogen-bond donors (Lipinski definition) is 1. The minimum Gasteiger partial charge on any atom is -0.353 e. The molecule has 2 saturated carbocycles. The summed E-state index contributed by atoms with van der Waals surface area (Å²) in [5.74, 6) is 0.945. The van der Waals surface area contributed by atoms with Crippen molar-refractivity contribution in [1.82, 2.24) is 5.32 Å². The summed E-state index contributed by atoms with van der Waals surface area (Å²) < 4.78 is 0. The van der Waals surface area contributed by atoms with Crippen LogP contribution in [0.1, 0.15) is 45.6 Å². The molecule has 2 heteroatoms.